The van der Waals surface area contributed by atoms with E-state index in [1.165, 1.54) is 11.1 Å². The Hall–Kier alpha value is -1.64. The molecule has 2 heteroatoms. The fourth-order valence-corrected chi connectivity index (χ4v) is 3.49. The summed E-state index contributed by atoms with van der Waals surface area (Å²) in [6.07, 6.45) is 12.7. The van der Waals surface area contributed by atoms with Gasteiger partial charge in [0.05, 0.1) is 6.17 Å². The molecule has 4 rings (SSSR count). The lowest BCUT2D eigenvalue weighted by atomic mass is 9.75. The first-order chi connectivity index (χ1) is 9.42. The molecule has 4 atom stereocenters. The zero-order valence-electron chi connectivity index (χ0n) is 10.8. The van der Waals surface area contributed by atoms with Gasteiger partial charge in [-0.2, -0.15) is 0 Å². The molecule has 1 fully saturated rings. The van der Waals surface area contributed by atoms with Crippen LogP contribution in [0.5, 0.6) is 0 Å². The van der Waals surface area contributed by atoms with Gasteiger partial charge in [0.1, 0.15) is 0 Å². The Morgan fingerprint density at radius 1 is 1.05 bits per heavy atom. The lowest BCUT2D eigenvalue weighted by Gasteiger charge is -2.46. The van der Waals surface area contributed by atoms with Crippen molar-refractivity contribution in [1.29, 1.82) is 0 Å². The van der Waals surface area contributed by atoms with Crippen molar-refractivity contribution in [3.05, 3.63) is 71.8 Å². The minimum Gasteiger partial charge on any atom is -0.294 e. The molecule has 1 heterocycles. The van der Waals surface area contributed by atoms with Crippen LogP contribution in [0.25, 0.3) is 0 Å². The van der Waals surface area contributed by atoms with Crippen LogP contribution in [0.3, 0.4) is 0 Å². The standard InChI is InChI=1S/C17H18N2/c1-2-6-13(7-3-1)17-18-14-10-4-8-12-9-5-11-15(19-17)16(12)14/h1-10,14-19H,11H2. The summed E-state index contributed by atoms with van der Waals surface area (Å²) in [5.74, 6) is 0.579. The molecule has 2 aliphatic carbocycles. The zero-order chi connectivity index (χ0) is 12.7. The molecule has 0 radical (unpaired) electrons. The number of allylic oxidation sites excluding steroid dienone is 3. The molecule has 4 unspecified atom stereocenters. The quantitative estimate of drug-likeness (QED) is 0.801. The van der Waals surface area contributed by atoms with Crippen LogP contribution in [0, 0.1) is 5.92 Å². The Morgan fingerprint density at radius 3 is 2.84 bits per heavy atom. The summed E-state index contributed by atoms with van der Waals surface area (Å²) in [5.41, 5.74) is 2.77. The van der Waals surface area contributed by atoms with Gasteiger partial charge in [-0.3, -0.25) is 10.6 Å². The fraction of sp³-hybridized carbons (Fsp3) is 0.294. The SMILES string of the molecule is C1=CC2NC(c3ccccc3)NC3CC=CC(=C1)C23. The van der Waals surface area contributed by atoms with E-state index in [1.807, 2.05) is 0 Å². The maximum Gasteiger partial charge on any atom is 0.0842 e. The monoisotopic (exact) mass is 250 g/mol. The summed E-state index contributed by atoms with van der Waals surface area (Å²) in [7, 11) is 0. The van der Waals surface area contributed by atoms with Crippen LogP contribution in [0.2, 0.25) is 0 Å². The van der Waals surface area contributed by atoms with Crippen molar-refractivity contribution < 1.29 is 0 Å². The third kappa shape index (κ3) is 1.88. The predicted octanol–water partition coefficient (Wildman–Crippen LogP) is 2.69. The fourth-order valence-electron chi connectivity index (χ4n) is 3.49. The second-order valence-electron chi connectivity index (χ2n) is 5.52. The van der Waals surface area contributed by atoms with Crippen LogP contribution in [-0.4, -0.2) is 12.1 Å². The van der Waals surface area contributed by atoms with Crippen LogP contribution in [-0.2, 0) is 0 Å². The second kappa shape index (κ2) is 4.48. The molecule has 0 spiro atoms. The molecule has 0 saturated carbocycles. The molecule has 96 valence electrons. The summed E-state index contributed by atoms with van der Waals surface area (Å²) in [6.45, 7) is 0. The van der Waals surface area contributed by atoms with E-state index in [0.717, 1.165) is 6.42 Å². The lowest BCUT2D eigenvalue weighted by molar-refractivity contribution is 0.207. The Labute approximate surface area is 113 Å². The van der Waals surface area contributed by atoms with Crippen LogP contribution >= 0.6 is 0 Å². The smallest absolute Gasteiger partial charge is 0.0842 e. The van der Waals surface area contributed by atoms with E-state index in [-0.39, 0.29) is 6.17 Å². The van der Waals surface area contributed by atoms with Crippen LogP contribution < -0.4 is 10.6 Å². The molecule has 1 aromatic rings. The minimum atomic E-state index is 0.253. The van der Waals surface area contributed by atoms with Gasteiger partial charge < -0.3 is 0 Å². The van der Waals surface area contributed by atoms with E-state index in [2.05, 4.69) is 71.3 Å². The van der Waals surface area contributed by atoms with Gasteiger partial charge in [0.2, 0.25) is 0 Å². The number of nitrogens with one attached hydrogen (secondary N) is 2. The first-order valence-electron chi connectivity index (χ1n) is 7.04. The maximum absolute atomic E-state index is 3.76. The predicted molar refractivity (Wildman–Crippen MR) is 77.5 cm³/mol. The first-order valence-corrected chi connectivity index (χ1v) is 7.04. The number of hydrogen-bond donors (Lipinski definition) is 2. The van der Waals surface area contributed by atoms with Crippen molar-refractivity contribution in [2.75, 3.05) is 0 Å². The molecular formula is C17H18N2. The second-order valence-corrected chi connectivity index (χ2v) is 5.52. The summed E-state index contributed by atoms with van der Waals surface area (Å²) < 4.78 is 0. The largest absolute Gasteiger partial charge is 0.294 e. The highest BCUT2D eigenvalue weighted by atomic mass is 15.2. The molecule has 2 N–H and O–H groups in total. The summed E-state index contributed by atoms with van der Waals surface area (Å²) in [5, 5.41) is 7.49. The zero-order valence-corrected chi connectivity index (χ0v) is 10.8. The van der Waals surface area contributed by atoms with E-state index in [1.54, 1.807) is 0 Å². The van der Waals surface area contributed by atoms with Gasteiger partial charge in [0.25, 0.3) is 0 Å². The molecule has 1 aromatic carbocycles. The molecule has 3 aliphatic rings. The highest BCUT2D eigenvalue weighted by molar-refractivity contribution is 5.39. The highest BCUT2D eigenvalue weighted by Crippen LogP contribution is 2.35. The summed E-state index contributed by atoms with van der Waals surface area (Å²) in [6, 6.07) is 11.6. The van der Waals surface area contributed by atoms with Crippen LogP contribution in [0.4, 0.5) is 0 Å². The van der Waals surface area contributed by atoms with Crippen LogP contribution in [0.15, 0.2) is 66.3 Å². The first kappa shape index (κ1) is 11.2. The van der Waals surface area contributed by atoms with Gasteiger partial charge in [-0.25, -0.2) is 0 Å². The molecule has 0 amide bonds. The third-order valence-corrected chi connectivity index (χ3v) is 4.39. The Kier molecular flexibility index (Phi) is 2.64. The number of rotatable bonds is 1. The Balaban J connectivity index is 1.66. The third-order valence-electron chi connectivity index (χ3n) is 4.39. The van der Waals surface area contributed by atoms with E-state index in [4.69, 9.17) is 0 Å². The van der Waals surface area contributed by atoms with Crippen molar-refractivity contribution >= 4 is 0 Å². The topological polar surface area (TPSA) is 24.1 Å². The van der Waals surface area contributed by atoms with E-state index < -0.39 is 0 Å². The average Bonchev–Trinajstić information content (AvgIpc) is 2.49. The molecule has 0 aromatic heterocycles. The van der Waals surface area contributed by atoms with Crippen molar-refractivity contribution in [2.24, 2.45) is 5.92 Å². The lowest BCUT2D eigenvalue weighted by Crippen LogP contribution is -2.59. The molecule has 19 heavy (non-hydrogen) atoms. The number of benzene rings is 1. The van der Waals surface area contributed by atoms with Crippen LogP contribution in [0.1, 0.15) is 18.2 Å². The maximum atomic E-state index is 3.76. The van der Waals surface area contributed by atoms with Crippen molar-refractivity contribution in [3.8, 4) is 0 Å². The minimum absolute atomic E-state index is 0.253. The van der Waals surface area contributed by atoms with Gasteiger partial charge in [0, 0.05) is 18.0 Å². The van der Waals surface area contributed by atoms with E-state index >= 15 is 0 Å². The van der Waals surface area contributed by atoms with Gasteiger partial charge in [-0.1, -0.05) is 60.7 Å². The van der Waals surface area contributed by atoms with Gasteiger partial charge in [-0.15, -0.1) is 0 Å². The molecule has 1 saturated heterocycles. The van der Waals surface area contributed by atoms with Crippen molar-refractivity contribution in [3.63, 3.8) is 0 Å². The van der Waals surface area contributed by atoms with E-state index in [0.29, 0.717) is 18.0 Å². The normalized spacial score (nSPS) is 35.7. The van der Waals surface area contributed by atoms with Crippen molar-refractivity contribution in [1.82, 2.24) is 10.6 Å². The average molecular weight is 250 g/mol. The van der Waals surface area contributed by atoms with Gasteiger partial charge >= 0.3 is 0 Å². The molecule has 1 aliphatic heterocycles. The molecule has 0 bridgehead atoms. The molecule has 2 nitrogen and oxygen atoms in total. The summed E-state index contributed by atoms with van der Waals surface area (Å²) >= 11 is 0. The molecular weight excluding hydrogens is 232 g/mol. The highest BCUT2D eigenvalue weighted by Gasteiger charge is 2.39. The van der Waals surface area contributed by atoms with Gasteiger partial charge in [0.15, 0.2) is 0 Å². The van der Waals surface area contributed by atoms with Crippen molar-refractivity contribution in [2.45, 2.75) is 24.7 Å². The number of hydrogen-bond acceptors (Lipinski definition) is 2. The van der Waals surface area contributed by atoms with Gasteiger partial charge in [-0.05, 0) is 17.6 Å². The van der Waals surface area contributed by atoms with E-state index in [9.17, 15) is 0 Å². The Bertz CT molecular complexity index is 556. The summed E-state index contributed by atoms with van der Waals surface area (Å²) in [4.78, 5) is 0. The Morgan fingerprint density at radius 2 is 1.95 bits per heavy atom.